The summed E-state index contributed by atoms with van der Waals surface area (Å²) in [4.78, 5) is 12.4. The van der Waals surface area contributed by atoms with Crippen molar-refractivity contribution in [3.05, 3.63) is 41.1 Å². The molecule has 1 saturated heterocycles. The molecule has 24 heavy (non-hydrogen) atoms. The van der Waals surface area contributed by atoms with E-state index in [4.69, 9.17) is 9.97 Å². The van der Waals surface area contributed by atoms with Crippen LogP contribution in [0.1, 0.15) is 36.1 Å². The fraction of sp³-hybridized carbons (Fsp3) is 0.500. The first-order valence-corrected chi connectivity index (χ1v) is 9.24. The molecule has 2 aliphatic heterocycles. The summed E-state index contributed by atoms with van der Waals surface area (Å²) in [5.41, 5.74) is 6.23. The van der Waals surface area contributed by atoms with E-state index >= 15 is 0 Å². The number of nitrogens with zero attached hydrogens (tertiary/aromatic N) is 3. The highest BCUT2D eigenvalue weighted by atomic mass is 15.3. The topological polar surface area (TPSA) is 41.1 Å². The fourth-order valence-electron chi connectivity index (χ4n) is 3.72. The van der Waals surface area contributed by atoms with Crippen LogP contribution in [0.3, 0.4) is 0 Å². The number of hydrogen-bond acceptors (Lipinski definition) is 4. The monoisotopic (exact) mass is 322 g/mol. The number of fused-ring (bicyclic) bond motifs is 1. The van der Waals surface area contributed by atoms with E-state index < -0.39 is 0 Å². The summed E-state index contributed by atoms with van der Waals surface area (Å²) in [6, 6.07) is 8.77. The number of hydrogen-bond donors (Lipinski definition) is 1. The average molecular weight is 322 g/mol. The highest BCUT2D eigenvalue weighted by Gasteiger charge is 2.21. The van der Waals surface area contributed by atoms with Gasteiger partial charge in [0.2, 0.25) is 5.95 Å². The first kappa shape index (κ1) is 15.6. The number of nitrogens with one attached hydrogen (secondary N) is 1. The van der Waals surface area contributed by atoms with Crippen LogP contribution in [0.15, 0.2) is 24.3 Å². The molecule has 3 heterocycles. The van der Waals surface area contributed by atoms with Gasteiger partial charge in [-0.15, -0.1) is 0 Å². The summed E-state index contributed by atoms with van der Waals surface area (Å²) in [6.45, 7) is 6.33. The molecule has 0 bridgehead atoms. The van der Waals surface area contributed by atoms with E-state index in [9.17, 15) is 0 Å². The molecule has 2 aromatic rings. The fourth-order valence-corrected chi connectivity index (χ4v) is 3.72. The van der Waals surface area contributed by atoms with Crippen molar-refractivity contribution in [2.75, 3.05) is 31.1 Å². The van der Waals surface area contributed by atoms with Crippen LogP contribution in [-0.2, 0) is 12.8 Å². The van der Waals surface area contributed by atoms with Crippen molar-refractivity contribution < 1.29 is 0 Å². The minimum Gasteiger partial charge on any atom is -0.341 e. The Morgan fingerprint density at radius 2 is 1.67 bits per heavy atom. The van der Waals surface area contributed by atoms with Crippen LogP contribution < -0.4 is 10.2 Å². The van der Waals surface area contributed by atoms with Gasteiger partial charge in [0.05, 0.1) is 11.4 Å². The molecule has 0 aliphatic carbocycles. The van der Waals surface area contributed by atoms with Gasteiger partial charge in [0.15, 0.2) is 0 Å². The number of anilines is 1. The van der Waals surface area contributed by atoms with Crippen LogP contribution in [0.4, 0.5) is 5.95 Å². The van der Waals surface area contributed by atoms with Crippen molar-refractivity contribution in [2.45, 2.75) is 39.0 Å². The summed E-state index contributed by atoms with van der Waals surface area (Å²) in [6.07, 6.45) is 5.84. The van der Waals surface area contributed by atoms with Crippen molar-refractivity contribution >= 4 is 5.95 Å². The van der Waals surface area contributed by atoms with Gasteiger partial charge < -0.3 is 10.2 Å². The van der Waals surface area contributed by atoms with E-state index in [0.717, 1.165) is 50.7 Å². The van der Waals surface area contributed by atoms with Crippen molar-refractivity contribution in [2.24, 2.45) is 0 Å². The van der Waals surface area contributed by atoms with Crippen LogP contribution in [0.2, 0.25) is 0 Å². The van der Waals surface area contributed by atoms with E-state index in [-0.39, 0.29) is 0 Å². The Kier molecular flexibility index (Phi) is 4.48. The summed E-state index contributed by atoms with van der Waals surface area (Å²) >= 11 is 0. The molecule has 1 N–H and O–H groups in total. The lowest BCUT2D eigenvalue weighted by atomic mass is 10.00. The van der Waals surface area contributed by atoms with E-state index in [1.54, 1.807) is 0 Å². The van der Waals surface area contributed by atoms with E-state index in [0.29, 0.717) is 0 Å². The third kappa shape index (κ3) is 3.16. The van der Waals surface area contributed by atoms with Gasteiger partial charge in [-0.05, 0) is 39.2 Å². The molecule has 4 heteroatoms. The minimum absolute atomic E-state index is 0.936. The second kappa shape index (κ2) is 6.89. The predicted molar refractivity (Wildman–Crippen MR) is 98.5 cm³/mol. The zero-order valence-electron chi connectivity index (χ0n) is 14.5. The molecule has 1 fully saturated rings. The Bertz CT molecular complexity index is 702. The Labute approximate surface area is 144 Å². The zero-order chi connectivity index (χ0) is 16.4. The Morgan fingerprint density at radius 3 is 2.46 bits per heavy atom. The lowest BCUT2D eigenvalue weighted by Crippen LogP contribution is -2.31. The summed E-state index contributed by atoms with van der Waals surface area (Å²) in [5.74, 6) is 0.936. The molecule has 0 radical (unpaired) electrons. The van der Waals surface area contributed by atoms with Crippen molar-refractivity contribution in [1.29, 1.82) is 0 Å². The maximum Gasteiger partial charge on any atom is 0.226 e. The lowest BCUT2D eigenvalue weighted by molar-refractivity contribution is 0.567. The maximum absolute atomic E-state index is 5.04. The van der Waals surface area contributed by atoms with Crippen molar-refractivity contribution in [3.8, 4) is 11.3 Å². The van der Waals surface area contributed by atoms with Gasteiger partial charge in [0.25, 0.3) is 0 Å². The van der Waals surface area contributed by atoms with Crippen molar-refractivity contribution in [1.82, 2.24) is 15.3 Å². The molecule has 0 unspecified atom stereocenters. The zero-order valence-corrected chi connectivity index (χ0v) is 14.5. The summed E-state index contributed by atoms with van der Waals surface area (Å²) in [5, 5.41) is 3.50. The lowest BCUT2D eigenvalue weighted by Gasteiger charge is -2.28. The SMILES string of the molecule is Cc1ccc(-c2nc(N3CCCCC3)nc3c2CCNCC3)cc1. The van der Waals surface area contributed by atoms with Gasteiger partial charge in [-0.2, -0.15) is 0 Å². The van der Waals surface area contributed by atoms with Gasteiger partial charge in [-0.1, -0.05) is 29.8 Å². The van der Waals surface area contributed by atoms with Gasteiger partial charge >= 0.3 is 0 Å². The van der Waals surface area contributed by atoms with E-state index in [2.05, 4.69) is 41.4 Å². The normalized spacial score (nSPS) is 18.1. The summed E-state index contributed by atoms with van der Waals surface area (Å²) < 4.78 is 0. The number of aromatic nitrogens is 2. The highest BCUT2D eigenvalue weighted by molar-refractivity contribution is 5.66. The first-order chi connectivity index (χ1) is 11.8. The first-order valence-electron chi connectivity index (χ1n) is 9.24. The second-order valence-corrected chi connectivity index (χ2v) is 6.96. The molecule has 2 aliphatic rings. The Balaban J connectivity index is 1.81. The van der Waals surface area contributed by atoms with Gasteiger partial charge in [0, 0.05) is 37.2 Å². The molecule has 0 saturated carbocycles. The molecule has 0 amide bonds. The average Bonchev–Trinajstić information content (AvgIpc) is 2.88. The summed E-state index contributed by atoms with van der Waals surface area (Å²) in [7, 11) is 0. The Hall–Kier alpha value is -1.94. The van der Waals surface area contributed by atoms with E-state index in [1.807, 2.05) is 0 Å². The molecule has 1 aromatic heterocycles. The van der Waals surface area contributed by atoms with Gasteiger partial charge in [0.1, 0.15) is 0 Å². The van der Waals surface area contributed by atoms with Crippen molar-refractivity contribution in [3.63, 3.8) is 0 Å². The van der Waals surface area contributed by atoms with E-state index in [1.165, 1.54) is 41.6 Å². The third-order valence-electron chi connectivity index (χ3n) is 5.14. The maximum atomic E-state index is 5.04. The molecule has 126 valence electrons. The predicted octanol–water partition coefficient (Wildman–Crippen LogP) is 3.13. The molecule has 0 spiro atoms. The van der Waals surface area contributed by atoms with Gasteiger partial charge in [-0.25, -0.2) is 9.97 Å². The minimum atomic E-state index is 0.936. The molecule has 0 atom stereocenters. The number of benzene rings is 1. The number of aryl methyl sites for hydroxylation is 1. The second-order valence-electron chi connectivity index (χ2n) is 6.96. The molecule has 1 aromatic carbocycles. The Morgan fingerprint density at radius 1 is 0.917 bits per heavy atom. The standard InChI is InChI=1S/C20H26N4/c1-15-5-7-16(8-6-15)19-17-9-11-21-12-10-18(17)22-20(23-19)24-13-3-2-4-14-24/h5-8,21H,2-4,9-14H2,1H3. The molecule has 4 rings (SSSR count). The molecule has 4 nitrogen and oxygen atoms in total. The van der Waals surface area contributed by atoms with Crippen LogP contribution >= 0.6 is 0 Å². The molecular weight excluding hydrogens is 296 g/mol. The third-order valence-corrected chi connectivity index (χ3v) is 5.14. The van der Waals surface area contributed by atoms with Crippen LogP contribution in [0.5, 0.6) is 0 Å². The van der Waals surface area contributed by atoms with Gasteiger partial charge in [-0.3, -0.25) is 0 Å². The molecular formula is C20H26N4. The number of piperidine rings is 1. The van der Waals surface area contributed by atoms with Crippen LogP contribution in [0.25, 0.3) is 11.3 Å². The highest BCUT2D eigenvalue weighted by Crippen LogP contribution is 2.29. The van der Waals surface area contributed by atoms with Crippen LogP contribution in [-0.4, -0.2) is 36.1 Å². The quantitative estimate of drug-likeness (QED) is 0.922. The number of rotatable bonds is 2. The van der Waals surface area contributed by atoms with Crippen LogP contribution in [0, 0.1) is 6.92 Å². The largest absolute Gasteiger partial charge is 0.341 e. The smallest absolute Gasteiger partial charge is 0.226 e.